The van der Waals surface area contributed by atoms with Crippen molar-refractivity contribution >= 4 is 16.9 Å². The van der Waals surface area contributed by atoms with E-state index in [1.165, 1.54) is 0 Å². The molecule has 3 aromatic rings. The van der Waals surface area contributed by atoms with Crippen LogP contribution in [0.5, 0.6) is 5.75 Å². The number of aryl methyl sites for hydroxylation is 3. The third-order valence-corrected chi connectivity index (χ3v) is 5.89. The summed E-state index contributed by atoms with van der Waals surface area (Å²) in [5, 5.41) is 5.83. The van der Waals surface area contributed by atoms with Crippen LogP contribution in [-0.4, -0.2) is 45.8 Å². The third kappa shape index (κ3) is 3.97. The summed E-state index contributed by atoms with van der Waals surface area (Å²) >= 11 is 0. The van der Waals surface area contributed by atoms with E-state index in [0.717, 1.165) is 66.0 Å². The lowest BCUT2D eigenvalue weighted by atomic mass is 9.93. The SMILES string of the molecule is COc1cc(CCC(=O)N2CCC[C@H](c3nn(C)c4ncccc34)C2)ccc1C. The van der Waals surface area contributed by atoms with E-state index in [4.69, 9.17) is 9.84 Å². The number of hydrogen-bond donors (Lipinski definition) is 0. The zero-order chi connectivity index (χ0) is 20.4. The predicted octanol–water partition coefficient (Wildman–Crippen LogP) is 3.62. The van der Waals surface area contributed by atoms with Crippen LogP contribution < -0.4 is 4.74 Å². The van der Waals surface area contributed by atoms with Crippen LogP contribution in [0.3, 0.4) is 0 Å². The van der Waals surface area contributed by atoms with Crippen molar-refractivity contribution in [3.8, 4) is 5.75 Å². The lowest BCUT2D eigenvalue weighted by molar-refractivity contribution is -0.132. The van der Waals surface area contributed by atoms with Gasteiger partial charge in [-0.1, -0.05) is 12.1 Å². The summed E-state index contributed by atoms with van der Waals surface area (Å²) in [6, 6.07) is 10.2. The predicted molar refractivity (Wildman–Crippen MR) is 113 cm³/mol. The number of ether oxygens (including phenoxy) is 1. The highest BCUT2D eigenvalue weighted by Crippen LogP contribution is 2.31. The molecule has 152 valence electrons. The Bertz CT molecular complexity index is 1030. The van der Waals surface area contributed by atoms with Crippen molar-refractivity contribution in [2.75, 3.05) is 20.2 Å². The number of pyridine rings is 1. The van der Waals surface area contributed by atoms with E-state index in [2.05, 4.69) is 23.2 Å². The molecule has 6 heteroatoms. The standard InChI is InChI=1S/C23H28N4O2/c1-16-8-9-17(14-20(16)29-3)10-11-21(28)27-13-5-6-18(15-27)22-19-7-4-12-24-23(19)26(2)25-22/h4,7-9,12,14,18H,5-6,10-11,13,15H2,1-3H3/t18-/m0/s1. The number of carbonyl (C=O) groups is 1. The van der Waals surface area contributed by atoms with Crippen molar-refractivity contribution in [1.82, 2.24) is 19.7 Å². The van der Waals surface area contributed by atoms with Crippen LogP contribution >= 0.6 is 0 Å². The van der Waals surface area contributed by atoms with Crippen molar-refractivity contribution < 1.29 is 9.53 Å². The zero-order valence-corrected chi connectivity index (χ0v) is 17.4. The van der Waals surface area contributed by atoms with Crippen molar-refractivity contribution in [2.45, 2.75) is 38.5 Å². The molecule has 0 aliphatic carbocycles. The number of carbonyl (C=O) groups excluding carboxylic acids is 1. The normalized spacial score (nSPS) is 16.9. The Hall–Kier alpha value is -2.89. The average molecular weight is 393 g/mol. The highest BCUT2D eigenvalue weighted by molar-refractivity contribution is 5.79. The molecule has 4 rings (SSSR count). The first kappa shape index (κ1) is 19.4. The number of aromatic nitrogens is 3. The summed E-state index contributed by atoms with van der Waals surface area (Å²) in [5.74, 6) is 1.36. The van der Waals surface area contributed by atoms with Crippen LogP contribution in [0.15, 0.2) is 36.5 Å². The van der Waals surface area contributed by atoms with E-state index in [-0.39, 0.29) is 11.8 Å². The first-order valence-electron chi connectivity index (χ1n) is 10.3. The quantitative estimate of drug-likeness (QED) is 0.665. The van der Waals surface area contributed by atoms with Crippen LogP contribution in [0.25, 0.3) is 11.0 Å². The Morgan fingerprint density at radius 3 is 3.00 bits per heavy atom. The molecule has 1 fully saturated rings. The zero-order valence-electron chi connectivity index (χ0n) is 17.4. The molecule has 0 bridgehead atoms. The Morgan fingerprint density at radius 2 is 2.17 bits per heavy atom. The van der Waals surface area contributed by atoms with Gasteiger partial charge in [-0.3, -0.25) is 9.48 Å². The second-order valence-corrected chi connectivity index (χ2v) is 7.87. The lowest BCUT2D eigenvalue weighted by Gasteiger charge is -2.32. The van der Waals surface area contributed by atoms with Crippen LogP contribution in [0.2, 0.25) is 0 Å². The summed E-state index contributed by atoms with van der Waals surface area (Å²) in [6.07, 6.45) is 5.11. The van der Waals surface area contributed by atoms with Crippen LogP contribution in [-0.2, 0) is 18.3 Å². The molecule has 1 aliphatic heterocycles. The van der Waals surface area contributed by atoms with Gasteiger partial charge in [-0.05, 0) is 55.5 Å². The minimum absolute atomic E-state index is 0.215. The van der Waals surface area contributed by atoms with E-state index < -0.39 is 0 Å². The van der Waals surface area contributed by atoms with Gasteiger partial charge in [0.15, 0.2) is 5.65 Å². The van der Waals surface area contributed by atoms with Gasteiger partial charge < -0.3 is 9.64 Å². The number of piperidine rings is 1. The Labute approximate surface area is 171 Å². The van der Waals surface area contributed by atoms with Gasteiger partial charge >= 0.3 is 0 Å². The summed E-state index contributed by atoms with van der Waals surface area (Å²) < 4.78 is 7.24. The molecule has 2 aromatic heterocycles. The summed E-state index contributed by atoms with van der Waals surface area (Å²) in [4.78, 5) is 19.3. The monoisotopic (exact) mass is 392 g/mol. The van der Waals surface area contributed by atoms with Crippen molar-refractivity contribution in [1.29, 1.82) is 0 Å². The first-order valence-corrected chi connectivity index (χ1v) is 10.3. The van der Waals surface area contributed by atoms with E-state index in [1.54, 1.807) is 13.3 Å². The fraction of sp³-hybridized carbons (Fsp3) is 0.435. The average Bonchev–Trinajstić information content (AvgIpc) is 3.10. The largest absolute Gasteiger partial charge is 0.496 e. The fourth-order valence-corrected chi connectivity index (χ4v) is 4.28. The summed E-state index contributed by atoms with van der Waals surface area (Å²) in [6.45, 7) is 3.59. The van der Waals surface area contributed by atoms with Gasteiger partial charge in [-0.2, -0.15) is 5.10 Å². The highest BCUT2D eigenvalue weighted by Gasteiger charge is 2.28. The maximum atomic E-state index is 12.9. The maximum Gasteiger partial charge on any atom is 0.222 e. The molecule has 1 saturated heterocycles. The smallest absolute Gasteiger partial charge is 0.222 e. The number of nitrogens with zero attached hydrogens (tertiary/aromatic N) is 4. The Kier molecular flexibility index (Phi) is 5.51. The summed E-state index contributed by atoms with van der Waals surface area (Å²) in [5.41, 5.74) is 4.21. The number of likely N-dealkylation sites (tertiary alicyclic amines) is 1. The second kappa shape index (κ2) is 8.23. The van der Waals surface area contributed by atoms with Gasteiger partial charge in [-0.15, -0.1) is 0 Å². The third-order valence-electron chi connectivity index (χ3n) is 5.89. The van der Waals surface area contributed by atoms with Gasteiger partial charge in [0.1, 0.15) is 5.75 Å². The van der Waals surface area contributed by atoms with E-state index in [1.807, 2.05) is 35.7 Å². The molecule has 1 aliphatic rings. The first-order chi connectivity index (χ1) is 14.1. The number of methoxy groups -OCH3 is 1. The fourth-order valence-electron chi connectivity index (χ4n) is 4.28. The molecule has 3 heterocycles. The topological polar surface area (TPSA) is 60.2 Å². The number of hydrogen-bond acceptors (Lipinski definition) is 4. The highest BCUT2D eigenvalue weighted by atomic mass is 16.5. The van der Waals surface area contributed by atoms with E-state index in [0.29, 0.717) is 6.42 Å². The van der Waals surface area contributed by atoms with Gasteiger partial charge in [0.05, 0.1) is 12.8 Å². The molecule has 29 heavy (non-hydrogen) atoms. The van der Waals surface area contributed by atoms with Crippen molar-refractivity contribution in [3.63, 3.8) is 0 Å². The Balaban J connectivity index is 1.43. The Morgan fingerprint density at radius 1 is 1.31 bits per heavy atom. The number of fused-ring (bicyclic) bond motifs is 1. The molecule has 0 N–H and O–H groups in total. The van der Waals surface area contributed by atoms with Crippen LogP contribution in [0.1, 0.15) is 42.0 Å². The molecule has 0 unspecified atom stereocenters. The van der Waals surface area contributed by atoms with Gasteiger partial charge in [0.25, 0.3) is 0 Å². The van der Waals surface area contributed by atoms with Crippen molar-refractivity contribution in [3.05, 3.63) is 53.3 Å². The second-order valence-electron chi connectivity index (χ2n) is 7.87. The number of rotatable bonds is 5. The lowest BCUT2D eigenvalue weighted by Crippen LogP contribution is -2.39. The minimum Gasteiger partial charge on any atom is -0.496 e. The van der Waals surface area contributed by atoms with E-state index in [9.17, 15) is 4.79 Å². The van der Waals surface area contributed by atoms with Crippen LogP contribution in [0.4, 0.5) is 0 Å². The molecule has 0 saturated carbocycles. The maximum absolute atomic E-state index is 12.9. The minimum atomic E-state index is 0.215. The van der Waals surface area contributed by atoms with Gasteiger partial charge in [0, 0.05) is 44.1 Å². The molecule has 6 nitrogen and oxygen atoms in total. The molecular weight excluding hydrogens is 364 g/mol. The van der Waals surface area contributed by atoms with Gasteiger partial charge in [-0.25, -0.2) is 4.98 Å². The number of amides is 1. The molecule has 1 aromatic carbocycles. The molecule has 0 spiro atoms. The van der Waals surface area contributed by atoms with Gasteiger partial charge in [0.2, 0.25) is 5.91 Å². The molecule has 1 amide bonds. The molecular formula is C23H28N4O2. The number of benzene rings is 1. The van der Waals surface area contributed by atoms with Crippen molar-refractivity contribution in [2.24, 2.45) is 7.05 Å². The molecule has 1 atom stereocenters. The van der Waals surface area contributed by atoms with Crippen LogP contribution in [0, 0.1) is 6.92 Å². The molecule has 0 radical (unpaired) electrons. The summed E-state index contributed by atoms with van der Waals surface area (Å²) in [7, 11) is 3.61. The van der Waals surface area contributed by atoms with E-state index >= 15 is 0 Å².